The van der Waals surface area contributed by atoms with Crippen LogP contribution < -0.4 is 32.5 Å². The number of rotatable bonds is 10. The van der Waals surface area contributed by atoms with Crippen LogP contribution >= 0.6 is 23.2 Å². The lowest BCUT2D eigenvalue weighted by atomic mass is 9.50. The summed E-state index contributed by atoms with van der Waals surface area (Å²) in [6.07, 6.45) is 0. The predicted molar refractivity (Wildman–Crippen MR) is 301 cm³/mol. The SMILES string of the molecule is [C-]#[N+]/C(c1nc2ccc(Cl)cc2o1)=c1\c2c(-c3ccccc3C)n(B(c3ccccc3)c3ccccc3)/c(=C(/C#N)c3nc4ccc(Cl)cc4o3)c2c(-c2ccccc2C)n1B(c1ccccc1)c1ccccc1. The first-order chi connectivity index (χ1) is 36.3. The van der Waals surface area contributed by atoms with E-state index in [-0.39, 0.29) is 23.1 Å². The van der Waals surface area contributed by atoms with Gasteiger partial charge >= 0.3 is 13.7 Å². The molecule has 0 spiro atoms. The number of nitriles is 1. The minimum absolute atomic E-state index is 0.111. The molecular weight excluding hydrogens is 953 g/mol. The van der Waals surface area contributed by atoms with Gasteiger partial charge in [-0.15, -0.1) is 0 Å². The van der Waals surface area contributed by atoms with Crippen LogP contribution in [0.15, 0.2) is 215 Å². The number of aromatic nitrogens is 4. The highest BCUT2D eigenvalue weighted by Gasteiger charge is 2.38. The van der Waals surface area contributed by atoms with Gasteiger partial charge in [-0.1, -0.05) is 215 Å². The minimum atomic E-state index is -0.565. The number of benzene rings is 8. The van der Waals surface area contributed by atoms with Crippen molar-refractivity contribution in [3.05, 3.63) is 261 Å². The highest BCUT2D eigenvalue weighted by Crippen LogP contribution is 2.39. The topological polar surface area (TPSA) is 90.1 Å². The second-order valence-corrected chi connectivity index (χ2v) is 19.0. The van der Waals surface area contributed by atoms with Crippen molar-refractivity contribution < 1.29 is 8.83 Å². The van der Waals surface area contributed by atoms with Gasteiger partial charge in [0.25, 0.3) is 5.70 Å². The van der Waals surface area contributed by atoms with Gasteiger partial charge in [0.2, 0.25) is 11.8 Å². The molecule has 8 nitrogen and oxygen atoms in total. The molecule has 12 rings (SSSR count). The Morgan fingerprint density at radius 3 is 1.31 bits per heavy atom. The molecular formula is C62H40B2Cl2N6O2. The molecule has 0 aliphatic heterocycles. The summed E-state index contributed by atoms with van der Waals surface area (Å²) in [5.41, 5.74) is 11.3. The molecule has 0 bridgehead atoms. The van der Waals surface area contributed by atoms with Gasteiger partial charge in [-0.25, -0.2) is 14.8 Å². The van der Waals surface area contributed by atoms with Crippen molar-refractivity contribution in [2.24, 2.45) is 0 Å². The van der Waals surface area contributed by atoms with Crippen LogP contribution in [0.3, 0.4) is 0 Å². The average Bonchev–Trinajstić information content (AvgIpc) is 4.21. The first-order valence-electron chi connectivity index (χ1n) is 24.1. The lowest BCUT2D eigenvalue weighted by Crippen LogP contribution is -2.54. The number of hydrogen-bond donors (Lipinski definition) is 0. The van der Waals surface area contributed by atoms with E-state index in [1.165, 1.54) is 0 Å². The van der Waals surface area contributed by atoms with E-state index in [4.69, 9.17) is 42.0 Å². The van der Waals surface area contributed by atoms with E-state index in [1.807, 2.05) is 97.1 Å². The van der Waals surface area contributed by atoms with Crippen LogP contribution in [0.5, 0.6) is 0 Å². The maximum Gasteiger partial charge on any atom is 0.328 e. The molecule has 0 radical (unpaired) electrons. The molecule has 12 heteroatoms. The summed E-state index contributed by atoms with van der Waals surface area (Å²) in [5, 5.41) is 15.5. The predicted octanol–water partition coefficient (Wildman–Crippen LogP) is 11.1. The number of nitrogens with zero attached hydrogens (tertiary/aromatic N) is 6. The van der Waals surface area contributed by atoms with E-state index in [1.54, 1.807) is 36.4 Å². The summed E-state index contributed by atoms with van der Waals surface area (Å²) >= 11 is 13.2. The van der Waals surface area contributed by atoms with Crippen molar-refractivity contribution >= 4 is 103 Å². The Balaban J connectivity index is 1.46. The molecule has 350 valence electrons. The molecule has 4 aromatic heterocycles. The first kappa shape index (κ1) is 46.0. The number of aryl methyl sites for hydroxylation is 2. The monoisotopic (exact) mass is 992 g/mol. The zero-order valence-electron chi connectivity index (χ0n) is 40.0. The van der Waals surface area contributed by atoms with Crippen molar-refractivity contribution in [3.63, 3.8) is 0 Å². The highest BCUT2D eigenvalue weighted by molar-refractivity contribution is 6.85. The lowest BCUT2D eigenvalue weighted by molar-refractivity contribution is 0.584. The summed E-state index contributed by atoms with van der Waals surface area (Å²) in [7, 11) is 0. The fourth-order valence-corrected chi connectivity index (χ4v) is 10.9. The largest absolute Gasteiger partial charge is 0.447 e. The smallest absolute Gasteiger partial charge is 0.328 e. The van der Waals surface area contributed by atoms with Crippen LogP contribution in [0, 0.1) is 31.8 Å². The van der Waals surface area contributed by atoms with Gasteiger partial charge in [-0.05, 0) is 49.2 Å². The Kier molecular flexibility index (Phi) is 11.9. The van der Waals surface area contributed by atoms with Crippen LogP contribution in [-0.4, -0.2) is 32.6 Å². The first-order valence-corrected chi connectivity index (χ1v) is 24.9. The highest BCUT2D eigenvalue weighted by atomic mass is 35.5. The molecule has 0 N–H and O–H groups in total. The van der Waals surface area contributed by atoms with Crippen molar-refractivity contribution in [2.45, 2.75) is 13.8 Å². The van der Waals surface area contributed by atoms with E-state index in [0.29, 0.717) is 53.7 Å². The van der Waals surface area contributed by atoms with Crippen LogP contribution in [0.2, 0.25) is 10.0 Å². The molecule has 0 saturated carbocycles. The summed E-state index contributed by atoms with van der Waals surface area (Å²) in [6, 6.07) is 71.0. The molecule has 8 aromatic carbocycles. The Bertz CT molecular complexity index is 3990. The molecule has 0 amide bonds. The molecule has 0 unspecified atom stereocenters. The van der Waals surface area contributed by atoms with Crippen LogP contribution in [0.25, 0.3) is 71.6 Å². The van der Waals surface area contributed by atoms with Crippen LogP contribution in [0.1, 0.15) is 22.9 Å². The van der Waals surface area contributed by atoms with Crippen molar-refractivity contribution in [2.75, 3.05) is 0 Å². The third-order valence-electron chi connectivity index (χ3n) is 13.7. The Morgan fingerprint density at radius 2 is 0.892 bits per heavy atom. The van der Waals surface area contributed by atoms with Gasteiger partial charge in [0, 0.05) is 55.5 Å². The zero-order valence-corrected chi connectivity index (χ0v) is 41.6. The molecule has 0 aliphatic carbocycles. The Morgan fingerprint density at radius 1 is 0.514 bits per heavy atom. The lowest BCUT2D eigenvalue weighted by Gasteiger charge is -2.25. The van der Waals surface area contributed by atoms with E-state index in [9.17, 15) is 11.8 Å². The average molecular weight is 994 g/mol. The second-order valence-electron chi connectivity index (χ2n) is 18.2. The fraction of sp³-hybridized carbons (Fsp3) is 0.0323. The quantitative estimate of drug-likeness (QED) is 0.101. The van der Waals surface area contributed by atoms with Gasteiger partial charge in [0.05, 0.1) is 17.3 Å². The van der Waals surface area contributed by atoms with Gasteiger partial charge in [0.1, 0.15) is 22.7 Å². The van der Waals surface area contributed by atoms with E-state index in [2.05, 4.69) is 107 Å². The van der Waals surface area contributed by atoms with E-state index in [0.717, 1.165) is 55.5 Å². The van der Waals surface area contributed by atoms with Gasteiger partial charge in [-0.3, -0.25) is 0 Å². The Labute approximate surface area is 437 Å². The molecule has 0 atom stereocenters. The third kappa shape index (κ3) is 7.89. The summed E-state index contributed by atoms with van der Waals surface area (Å²) in [4.78, 5) is 14.6. The maximum atomic E-state index is 12.1. The zero-order chi connectivity index (χ0) is 50.5. The van der Waals surface area contributed by atoms with Crippen molar-refractivity contribution in [3.8, 4) is 28.6 Å². The maximum absolute atomic E-state index is 12.1. The van der Waals surface area contributed by atoms with E-state index < -0.39 is 13.7 Å². The summed E-state index contributed by atoms with van der Waals surface area (Å²) in [6.45, 7) is 12.5. The van der Waals surface area contributed by atoms with Crippen LogP contribution in [0.4, 0.5) is 0 Å². The van der Waals surface area contributed by atoms with Gasteiger partial charge in [-0.2, -0.15) is 5.26 Å². The van der Waals surface area contributed by atoms with Gasteiger partial charge < -0.3 is 17.8 Å². The Hall–Kier alpha value is -9.05. The molecule has 0 aliphatic rings. The van der Waals surface area contributed by atoms with Crippen molar-refractivity contribution in [1.29, 1.82) is 5.26 Å². The number of fused-ring (bicyclic) bond motifs is 3. The fourth-order valence-electron chi connectivity index (χ4n) is 10.5. The summed E-state index contributed by atoms with van der Waals surface area (Å²) in [5.74, 6) is 0.224. The molecule has 74 heavy (non-hydrogen) atoms. The third-order valence-corrected chi connectivity index (χ3v) is 14.2. The molecule has 4 heterocycles. The second kappa shape index (κ2) is 19.2. The standard InChI is InChI=1S/C62H40B2Cl2N6O2/c1-39-20-16-18-30-47(39)57-54-55(60(56(68-3)62-70-51-35-33-46(66)37-53(51)74-62)72(57)64(43-26-12-6-13-27-43)44-28-14-7-15-29-44)58(48-31-19-17-21-40(48)2)71(63(41-22-8-4-9-23-41)42-24-10-5-11-25-42)59(54)49(38-67)61-69-50-34-32-45(65)36-52(50)73-61/h4-37H,1-2H3/b59-49-,60-56+. The van der Waals surface area contributed by atoms with E-state index >= 15 is 0 Å². The van der Waals surface area contributed by atoms with Crippen molar-refractivity contribution in [1.82, 2.24) is 18.9 Å². The minimum Gasteiger partial charge on any atom is -0.447 e. The number of halogens is 2. The van der Waals surface area contributed by atoms with Crippen LogP contribution in [-0.2, 0) is 0 Å². The molecule has 12 aromatic rings. The molecule has 0 fully saturated rings. The van der Waals surface area contributed by atoms with Gasteiger partial charge in [0.15, 0.2) is 11.2 Å². The normalized spacial score (nSPS) is 12.2. The number of hydrogen-bond acceptors (Lipinski definition) is 5. The number of oxazole rings is 2. The molecule has 0 saturated heterocycles. The summed E-state index contributed by atoms with van der Waals surface area (Å²) < 4.78 is 18.0.